The first kappa shape index (κ1) is 14.0. The molecule has 0 aliphatic rings. The van der Waals surface area contributed by atoms with Crippen LogP contribution in [0, 0.1) is 0 Å². The molecule has 1 aromatic carbocycles. The number of aliphatic hydroxyl groups is 1. The van der Waals surface area contributed by atoms with E-state index in [1.54, 1.807) is 0 Å². The van der Waals surface area contributed by atoms with Crippen LogP contribution < -0.4 is 4.74 Å². The van der Waals surface area contributed by atoms with E-state index in [0.717, 1.165) is 18.2 Å². The molecule has 0 radical (unpaired) electrons. The Morgan fingerprint density at radius 2 is 2.00 bits per heavy atom. The van der Waals surface area contributed by atoms with Crippen LogP contribution >= 0.6 is 0 Å². The summed E-state index contributed by atoms with van der Waals surface area (Å²) in [4.78, 5) is 10.7. The zero-order valence-electron chi connectivity index (χ0n) is 8.94. The van der Waals surface area contributed by atoms with E-state index in [0.29, 0.717) is 0 Å². The minimum absolute atomic E-state index is 0.184. The standard InChI is InChI=1S/C11H9F3O4/c12-11(13,14)18-9-5-7(2-1-3-15)4-8(6-9)10(16)17/h1-2,4-6,15H,3H2,(H,16,17). The third-order valence-corrected chi connectivity index (χ3v) is 1.83. The van der Waals surface area contributed by atoms with E-state index in [-0.39, 0.29) is 17.7 Å². The third-order valence-electron chi connectivity index (χ3n) is 1.83. The number of hydrogen-bond acceptors (Lipinski definition) is 3. The predicted molar refractivity (Wildman–Crippen MR) is 56.2 cm³/mol. The number of benzene rings is 1. The maximum absolute atomic E-state index is 12.0. The lowest BCUT2D eigenvalue weighted by Gasteiger charge is -2.10. The third kappa shape index (κ3) is 4.46. The highest BCUT2D eigenvalue weighted by atomic mass is 19.4. The second-order valence-corrected chi connectivity index (χ2v) is 3.23. The molecule has 1 aromatic rings. The zero-order chi connectivity index (χ0) is 13.8. The molecule has 1 rings (SSSR count). The molecule has 0 aliphatic carbocycles. The van der Waals surface area contributed by atoms with Gasteiger partial charge >= 0.3 is 12.3 Å². The van der Waals surface area contributed by atoms with E-state index >= 15 is 0 Å². The number of carbonyl (C=O) groups is 1. The molecule has 98 valence electrons. The molecule has 0 bridgehead atoms. The van der Waals surface area contributed by atoms with Crippen LogP contribution in [0.25, 0.3) is 6.08 Å². The van der Waals surface area contributed by atoms with Crippen molar-refractivity contribution in [1.82, 2.24) is 0 Å². The highest BCUT2D eigenvalue weighted by Crippen LogP contribution is 2.25. The Hall–Kier alpha value is -2.02. The average molecular weight is 262 g/mol. The smallest absolute Gasteiger partial charge is 0.478 e. The van der Waals surface area contributed by atoms with Crippen molar-refractivity contribution in [2.24, 2.45) is 0 Å². The molecule has 18 heavy (non-hydrogen) atoms. The number of aromatic carboxylic acids is 1. The van der Waals surface area contributed by atoms with Gasteiger partial charge in [-0.1, -0.05) is 12.2 Å². The molecule has 4 nitrogen and oxygen atoms in total. The average Bonchev–Trinajstić information content (AvgIpc) is 2.23. The second-order valence-electron chi connectivity index (χ2n) is 3.23. The molecule has 0 aromatic heterocycles. The van der Waals surface area contributed by atoms with Crippen molar-refractivity contribution in [2.75, 3.05) is 6.61 Å². The fraction of sp³-hybridized carbons (Fsp3) is 0.182. The predicted octanol–water partition coefficient (Wildman–Crippen LogP) is 2.29. The molecule has 0 saturated carbocycles. The van der Waals surface area contributed by atoms with Gasteiger partial charge in [0.1, 0.15) is 5.75 Å². The molecular formula is C11H9F3O4. The van der Waals surface area contributed by atoms with E-state index < -0.39 is 18.1 Å². The fourth-order valence-electron chi connectivity index (χ4n) is 1.22. The van der Waals surface area contributed by atoms with Crippen LogP contribution in [0.5, 0.6) is 5.75 Å². The minimum atomic E-state index is -4.89. The van der Waals surface area contributed by atoms with Gasteiger partial charge in [0.15, 0.2) is 0 Å². The first-order valence-corrected chi connectivity index (χ1v) is 4.73. The first-order chi connectivity index (χ1) is 8.31. The Labute approximate surface area is 99.9 Å². The van der Waals surface area contributed by atoms with Crippen molar-refractivity contribution >= 4 is 12.0 Å². The maximum atomic E-state index is 12.0. The van der Waals surface area contributed by atoms with Gasteiger partial charge in [-0.2, -0.15) is 0 Å². The van der Waals surface area contributed by atoms with Crippen molar-refractivity contribution in [3.05, 3.63) is 35.4 Å². The molecule has 0 aliphatic heterocycles. The number of aliphatic hydroxyl groups excluding tert-OH is 1. The summed E-state index contributed by atoms with van der Waals surface area (Å²) in [5.41, 5.74) is -0.155. The highest BCUT2D eigenvalue weighted by Gasteiger charge is 2.31. The number of carboxylic acid groups (broad SMARTS) is 1. The lowest BCUT2D eigenvalue weighted by atomic mass is 10.1. The number of hydrogen-bond donors (Lipinski definition) is 2. The molecule has 2 N–H and O–H groups in total. The monoisotopic (exact) mass is 262 g/mol. The molecule has 0 spiro atoms. The minimum Gasteiger partial charge on any atom is -0.478 e. The van der Waals surface area contributed by atoms with Gasteiger partial charge in [0, 0.05) is 0 Å². The van der Waals surface area contributed by atoms with Crippen molar-refractivity contribution in [1.29, 1.82) is 0 Å². The van der Waals surface area contributed by atoms with E-state index in [1.807, 2.05) is 0 Å². The number of ether oxygens (including phenoxy) is 1. The van der Waals surface area contributed by atoms with Gasteiger partial charge in [-0.05, 0) is 23.8 Å². The number of halogens is 3. The summed E-state index contributed by atoms with van der Waals surface area (Å²) in [5.74, 6) is -2.00. The van der Waals surface area contributed by atoms with Gasteiger partial charge in [0.05, 0.1) is 12.2 Å². The fourth-order valence-corrected chi connectivity index (χ4v) is 1.22. The lowest BCUT2D eigenvalue weighted by Crippen LogP contribution is -2.17. The largest absolute Gasteiger partial charge is 0.573 e. The van der Waals surface area contributed by atoms with Gasteiger partial charge in [-0.3, -0.25) is 0 Å². The summed E-state index contributed by atoms with van der Waals surface area (Å²) in [5, 5.41) is 17.3. The Balaban J connectivity index is 3.13. The van der Waals surface area contributed by atoms with Crippen molar-refractivity contribution in [3.8, 4) is 5.75 Å². The molecule has 0 saturated heterocycles. The van der Waals surface area contributed by atoms with Gasteiger partial charge in [0.2, 0.25) is 0 Å². The van der Waals surface area contributed by atoms with Crippen LogP contribution in [0.4, 0.5) is 13.2 Å². The van der Waals surface area contributed by atoms with E-state index in [4.69, 9.17) is 10.2 Å². The van der Waals surface area contributed by atoms with Crippen LogP contribution in [0.1, 0.15) is 15.9 Å². The topological polar surface area (TPSA) is 66.8 Å². The Morgan fingerprint density at radius 1 is 1.33 bits per heavy atom. The summed E-state index contributed by atoms with van der Waals surface area (Å²) in [6.45, 7) is -0.313. The Kier molecular flexibility index (Phi) is 4.33. The van der Waals surface area contributed by atoms with Crippen LogP contribution in [0.15, 0.2) is 24.3 Å². The van der Waals surface area contributed by atoms with Crippen LogP contribution in [0.3, 0.4) is 0 Å². The maximum Gasteiger partial charge on any atom is 0.573 e. The van der Waals surface area contributed by atoms with Gasteiger partial charge in [-0.25, -0.2) is 4.79 Å². The van der Waals surface area contributed by atoms with Crippen molar-refractivity contribution in [2.45, 2.75) is 6.36 Å². The van der Waals surface area contributed by atoms with Crippen LogP contribution in [-0.4, -0.2) is 29.2 Å². The number of carboxylic acids is 1. The molecule has 0 unspecified atom stereocenters. The second kappa shape index (κ2) is 5.54. The summed E-state index contributed by atoms with van der Waals surface area (Å²) in [7, 11) is 0. The number of rotatable bonds is 4. The SMILES string of the molecule is O=C(O)c1cc(C=CCO)cc(OC(F)(F)F)c1. The van der Waals surface area contributed by atoms with E-state index in [9.17, 15) is 18.0 Å². The molecule has 0 atom stereocenters. The van der Waals surface area contributed by atoms with E-state index in [1.165, 1.54) is 12.2 Å². The van der Waals surface area contributed by atoms with Crippen LogP contribution in [-0.2, 0) is 0 Å². The quantitative estimate of drug-likeness (QED) is 0.873. The lowest BCUT2D eigenvalue weighted by molar-refractivity contribution is -0.274. The van der Waals surface area contributed by atoms with Gasteiger partial charge in [-0.15, -0.1) is 13.2 Å². The molecule has 7 heteroatoms. The molecule has 0 fully saturated rings. The van der Waals surface area contributed by atoms with E-state index in [2.05, 4.69) is 4.74 Å². The Morgan fingerprint density at radius 3 is 2.50 bits per heavy atom. The van der Waals surface area contributed by atoms with Gasteiger partial charge < -0.3 is 14.9 Å². The summed E-state index contributed by atoms with van der Waals surface area (Å²) in [6, 6.07) is 2.95. The summed E-state index contributed by atoms with van der Waals surface area (Å²) >= 11 is 0. The van der Waals surface area contributed by atoms with Crippen LogP contribution in [0.2, 0.25) is 0 Å². The zero-order valence-corrected chi connectivity index (χ0v) is 8.94. The Bertz CT molecular complexity index is 466. The first-order valence-electron chi connectivity index (χ1n) is 4.73. The molecule has 0 amide bonds. The highest BCUT2D eigenvalue weighted by molar-refractivity contribution is 5.89. The van der Waals surface area contributed by atoms with Crippen molar-refractivity contribution in [3.63, 3.8) is 0 Å². The molecular weight excluding hydrogens is 253 g/mol. The molecule has 0 heterocycles. The summed E-state index contributed by atoms with van der Waals surface area (Å²) in [6.07, 6.45) is -2.34. The normalized spacial score (nSPS) is 11.8. The van der Waals surface area contributed by atoms with Gasteiger partial charge in [0.25, 0.3) is 0 Å². The van der Waals surface area contributed by atoms with Crippen molar-refractivity contribution < 1.29 is 32.9 Å². The summed E-state index contributed by atoms with van der Waals surface area (Å²) < 4.78 is 39.7. The number of alkyl halides is 3.